The normalized spacial score (nSPS) is 27.3. The number of nitrogens with zero attached hydrogens (tertiary/aromatic N) is 1. The quantitative estimate of drug-likeness (QED) is 0.764. The van der Waals surface area contributed by atoms with E-state index < -0.39 is 0 Å². The maximum Gasteiger partial charge on any atom is 0.251 e. The van der Waals surface area contributed by atoms with Crippen LogP contribution in [0.5, 0.6) is 0 Å². The van der Waals surface area contributed by atoms with Gasteiger partial charge in [-0.2, -0.15) is 0 Å². The maximum absolute atomic E-state index is 11.9. The summed E-state index contributed by atoms with van der Waals surface area (Å²) in [6.07, 6.45) is 3.19. The van der Waals surface area contributed by atoms with E-state index in [1.54, 1.807) is 0 Å². The van der Waals surface area contributed by atoms with E-state index in [2.05, 4.69) is 5.32 Å². The van der Waals surface area contributed by atoms with Gasteiger partial charge >= 0.3 is 0 Å². The van der Waals surface area contributed by atoms with Crippen molar-refractivity contribution >= 4 is 5.91 Å². The van der Waals surface area contributed by atoms with E-state index in [0.29, 0.717) is 12.5 Å². The number of rotatable bonds is 4. The molecule has 4 heteroatoms. The van der Waals surface area contributed by atoms with Crippen molar-refractivity contribution < 1.29 is 9.53 Å². The van der Waals surface area contributed by atoms with Crippen LogP contribution in [0.1, 0.15) is 26.2 Å². The van der Waals surface area contributed by atoms with E-state index in [0.717, 1.165) is 39.0 Å². The zero-order chi connectivity index (χ0) is 11.4. The first-order valence-corrected chi connectivity index (χ1v) is 6.38. The Labute approximate surface area is 97.3 Å². The van der Waals surface area contributed by atoms with Crippen molar-refractivity contribution in [3.63, 3.8) is 0 Å². The van der Waals surface area contributed by atoms with Crippen LogP contribution in [0.4, 0.5) is 0 Å². The smallest absolute Gasteiger partial charge is 0.251 e. The van der Waals surface area contributed by atoms with Gasteiger partial charge in [-0.3, -0.25) is 4.79 Å². The van der Waals surface area contributed by atoms with E-state index in [4.69, 9.17) is 4.74 Å². The van der Waals surface area contributed by atoms with Crippen molar-refractivity contribution in [3.8, 4) is 0 Å². The highest BCUT2D eigenvalue weighted by Gasteiger charge is 2.25. The van der Waals surface area contributed by atoms with Gasteiger partial charge in [-0.25, -0.2) is 0 Å². The van der Waals surface area contributed by atoms with E-state index in [9.17, 15) is 4.79 Å². The summed E-state index contributed by atoms with van der Waals surface area (Å²) in [5.74, 6) is 0.761. The standard InChI is InChI=1S/C12H22N2O2/c1-10(12(15)14-6-2-3-7-14)16-9-11-4-5-13-8-11/h10-11,13H,2-9H2,1H3. The average molecular weight is 226 g/mol. The summed E-state index contributed by atoms with van der Waals surface area (Å²) in [5, 5.41) is 3.31. The molecule has 2 atom stereocenters. The molecule has 0 radical (unpaired) electrons. The summed E-state index contributed by atoms with van der Waals surface area (Å²) in [4.78, 5) is 13.9. The molecule has 2 unspecified atom stereocenters. The maximum atomic E-state index is 11.9. The number of carbonyl (C=O) groups excluding carboxylic acids is 1. The minimum Gasteiger partial charge on any atom is -0.368 e. The number of amides is 1. The predicted octanol–water partition coefficient (Wildman–Crippen LogP) is 0.623. The summed E-state index contributed by atoms with van der Waals surface area (Å²) in [6.45, 7) is 6.54. The molecule has 0 saturated carbocycles. The number of ether oxygens (including phenoxy) is 1. The van der Waals surface area contributed by atoms with Crippen LogP contribution in [-0.2, 0) is 9.53 Å². The van der Waals surface area contributed by atoms with Gasteiger partial charge in [0, 0.05) is 19.6 Å². The van der Waals surface area contributed by atoms with Gasteiger partial charge in [0.2, 0.25) is 0 Å². The van der Waals surface area contributed by atoms with Gasteiger partial charge in [-0.05, 0) is 38.6 Å². The van der Waals surface area contributed by atoms with Crippen molar-refractivity contribution in [2.75, 3.05) is 32.8 Å². The third-order valence-corrected chi connectivity index (χ3v) is 3.51. The minimum absolute atomic E-state index is 0.170. The van der Waals surface area contributed by atoms with E-state index in [-0.39, 0.29) is 12.0 Å². The molecule has 1 amide bonds. The lowest BCUT2D eigenvalue weighted by atomic mass is 10.1. The molecule has 2 rings (SSSR count). The van der Waals surface area contributed by atoms with Crippen LogP contribution in [0.2, 0.25) is 0 Å². The van der Waals surface area contributed by atoms with E-state index >= 15 is 0 Å². The molecule has 0 aliphatic carbocycles. The largest absolute Gasteiger partial charge is 0.368 e. The molecule has 4 nitrogen and oxygen atoms in total. The molecule has 16 heavy (non-hydrogen) atoms. The second-order valence-corrected chi connectivity index (χ2v) is 4.87. The van der Waals surface area contributed by atoms with Gasteiger partial charge in [0.15, 0.2) is 0 Å². The molecule has 2 heterocycles. The monoisotopic (exact) mass is 226 g/mol. The zero-order valence-corrected chi connectivity index (χ0v) is 10.1. The molecule has 92 valence electrons. The Morgan fingerprint density at radius 1 is 1.50 bits per heavy atom. The predicted molar refractivity (Wildman–Crippen MR) is 62.2 cm³/mol. The molecular formula is C12H22N2O2. The Hall–Kier alpha value is -0.610. The van der Waals surface area contributed by atoms with Crippen LogP contribution >= 0.6 is 0 Å². The van der Waals surface area contributed by atoms with Gasteiger partial charge in [0.25, 0.3) is 5.91 Å². The summed E-state index contributed by atoms with van der Waals surface area (Å²) >= 11 is 0. The fourth-order valence-electron chi connectivity index (χ4n) is 2.40. The molecule has 1 N–H and O–H groups in total. The number of carbonyl (C=O) groups is 1. The Morgan fingerprint density at radius 3 is 2.88 bits per heavy atom. The first kappa shape index (κ1) is 11.9. The molecule has 0 aromatic heterocycles. The average Bonchev–Trinajstić information content (AvgIpc) is 2.96. The van der Waals surface area contributed by atoms with Crippen LogP contribution in [0.3, 0.4) is 0 Å². The fraction of sp³-hybridized carbons (Fsp3) is 0.917. The van der Waals surface area contributed by atoms with Gasteiger partial charge in [0.1, 0.15) is 6.10 Å². The summed E-state index contributed by atoms with van der Waals surface area (Å²) in [6, 6.07) is 0. The molecule has 2 saturated heterocycles. The zero-order valence-electron chi connectivity index (χ0n) is 10.1. The van der Waals surface area contributed by atoms with Crippen molar-refractivity contribution in [3.05, 3.63) is 0 Å². The summed E-state index contributed by atoms with van der Waals surface area (Å²) < 4.78 is 5.67. The molecule has 0 spiro atoms. The van der Waals surface area contributed by atoms with Crippen LogP contribution in [-0.4, -0.2) is 49.7 Å². The second-order valence-electron chi connectivity index (χ2n) is 4.87. The van der Waals surface area contributed by atoms with E-state index in [1.807, 2.05) is 11.8 Å². The van der Waals surface area contributed by atoms with Crippen molar-refractivity contribution in [2.45, 2.75) is 32.3 Å². The van der Waals surface area contributed by atoms with Gasteiger partial charge in [-0.1, -0.05) is 0 Å². The number of hydrogen-bond acceptors (Lipinski definition) is 3. The molecule has 2 aliphatic rings. The van der Waals surface area contributed by atoms with Crippen LogP contribution < -0.4 is 5.32 Å². The molecule has 2 fully saturated rings. The topological polar surface area (TPSA) is 41.6 Å². The highest BCUT2D eigenvalue weighted by molar-refractivity contribution is 5.80. The first-order valence-electron chi connectivity index (χ1n) is 6.38. The van der Waals surface area contributed by atoms with E-state index in [1.165, 1.54) is 6.42 Å². The summed E-state index contributed by atoms with van der Waals surface area (Å²) in [5.41, 5.74) is 0. The summed E-state index contributed by atoms with van der Waals surface area (Å²) in [7, 11) is 0. The number of hydrogen-bond donors (Lipinski definition) is 1. The molecule has 0 aromatic rings. The molecule has 2 aliphatic heterocycles. The lowest BCUT2D eigenvalue weighted by Gasteiger charge is -2.21. The lowest BCUT2D eigenvalue weighted by molar-refractivity contribution is -0.142. The molecule has 0 aromatic carbocycles. The Bertz CT molecular complexity index is 233. The van der Waals surface area contributed by atoms with Crippen molar-refractivity contribution in [1.82, 2.24) is 10.2 Å². The SMILES string of the molecule is CC(OCC1CCNC1)C(=O)N1CCCC1. The Kier molecular flexibility index (Phi) is 4.18. The number of nitrogens with one attached hydrogen (secondary N) is 1. The van der Waals surface area contributed by atoms with Crippen molar-refractivity contribution in [2.24, 2.45) is 5.92 Å². The highest BCUT2D eigenvalue weighted by Crippen LogP contribution is 2.13. The number of likely N-dealkylation sites (tertiary alicyclic amines) is 1. The lowest BCUT2D eigenvalue weighted by Crippen LogP contribution is -2.37. The minimum atomic E-state index is -0.265. The molecule has 0 bridgehead atoms. The second kappa shape index (κ2) is 5.64. The Balaban J connectivity index is 1.69. The van der Waals surface area contributed by atoms with Crippen LogP contribution in [0.25, 0.3) is 0 Å². The van der Waals surface area contributed by atoms with Gasteiger partial charge < -0.3 is 15.0 Å². The van der Waals surface area contributed by atoms with Gasteiger partial charge in [0.05, 0.1) is 6.61 Å². The van der Waals surface area contributed by atoms with Gasteiger partial charge in [-0.15, -0.1) is 0 Å². The third-order valence-electron chi connectivity index (χ3n) is 3.51. The fourth-order valence-corrected chi connectivity index (χ4v) is 2.40. The van der Waals surface area contributed by atoms with Crippen LogP contribution in [0.15, 0.2) is 0 Å². The van der Waals surface area contributed by atoms with Crippen LogP contribution in [0, 0.1) is 5.92 Å². The first-order chi connectivity index (χ1) is 7.77. The Morgan fingerprint density at radius 2 is 2.25 bits per heavy atom. The van der Waals surface area contributed by atoms with Crippen molar-refractivity contribution in [1.29, 1.82) is 0 Å². The highest BCUT2D eigenvalue weighted by atomic mass is 16.5. The molecular weight excluding hydrogens is 204 g/mol. The third kappa shape index (κ3) is 2.95.